The molecule has 4 nitrogen and oxygen atoms in total. The van der Waals surface area contributed by atoms with Gasteiger partial charge in [0.15, 0.2) is 0 Å². The smallest absolute Gasteiger partial charge is 0.411 e. The monoisotopic (exact) mass is 243 g/mol. The zero-order chi connectivity index (χ0) is 12.0. The standard InChI is InChI=1S/C11H14ClNO3/c1-8-3-4-10(15-2)9(7-8)13-11(14)16-6-5-12/h3-4,7H,5-6H2,1-2H3,(H,13,14). The normalized spacial score (nSPS) is 9.69. The van der Waals surface area contributed by atoms with E-state index >= 15 is 0 Å². The van der Waals surface area contributed by atoms with Crippen LogP contribution in [0.5, 0.6) is 5.75 Å². The number of carbonyl (C=O) groups excluding carboxylic acids is 1. The SMILES string of the molecule is COc1ccc(C)cc1NC(=O)OCCCl. The van der Waals surface area contributed by atoms with E-state index in [-0.39, 0.29) is 12.5 Å². The van der Waals surface area contributed by atoms with Crippen LogP contribution >= 0.6 is 11.6 Å². The molecule has 0 aliphatic heterocycles. The van der Waals surface area contributed by atoms with E-state index < -0.39 is 6.09 Å². The number of nitrogens with one attached hydrogen (secondary N) is 1. The van der Waals surface area contributed by atoms with Crippen LogP contribution in [0.4, 0.5) is 10.5 Å². The molecule has 0 heterocycles. The quantitative estimate of drug-likeness (QED) is 0.828. The highest BCUT2D eigenvalue weighted by atomic mass is 35.5. The van der Waals surface area contributed by atoms with Crippen molar-refractivity contribution < 1.29 is 14.3 Å². The molecule has 0 spiro atoms. The van der Waals surface area contributed by atoms with Crippen molar-refractivity contribution in [3.63, 3.8) is 0 Å². The number of aryl methyl sites for hydroxylation is 1. The first-order valence-corrected chi connectivity index (χ1v) is 5.35. The number of ether oxygens (including phenoxy) is 2. The van der Waals surface area contributed by atoms with Gasteiger partial charge in [-0.15, -0.1) is 11.6 Å². The zero-order valence-electron chi connectivity index (χ0n) is 9.25. The summed E-state index contributed by atoms with van der Waals surface area (Å²) in [6, 6.07) is 5.49. The van der Waals surface area contributed by atoms with Crippen LogP contribution in [0.15, 0.2) is 18.2 Å². The second-order valence-corrected chi connectivity index (χ2v) is 3.53. The molecule has 1 aromatic rings. The molecule has 1 N–H and O–H groups in total. The molecular weight excluding hydrogens is 230 g/mol. The first-order valence-electron chi connectivity index (χ1n) is 4.81. The Bertz CT molecular complexity index is 368. The molecule has 0 bridgehead atoms. The molecule has 0 radical (unpaired) electrons. The number of methoxy groups -OCH3 is 1. The molecule has 0 aromatic heterocycles. The van der Waals surface area contributed by atoms with E-state index in [4.69, 9.17) is 21.1 Å². The summed E-state index contributed by atoms with van der Waals surface area (Å²) in [5, 5.41) is 2.59. The molecule has 0 saturated carbocycles. The fourth-order valence-electron chi connectivity index (χ4n) is 1.20. The largest absolute Gasteiger partial charge is 0.495 e. The van der Waals surface area contributed by atoms with Crippen molar-refractivity contribution >= 4 is 23.4 Å². The van der Waals surface area contributed by atoms with Crippen molar-refractivity contribution in [2.45, 2.75) is 6.92 Å². The Morgan fingerprint density at radius 3 is 2.88 bits per heavy atom. The Labute approximate surface area is 99.5 Å². The van der Waals surface area contributed by atoms with Gasteiger partial charge >= 0.3 is 6.09 Å². The molecule has 88 valence electrons. The summed E-state index contributed by atoms with van der Waals surface area (Å²) in [4.78, 5) is 11.3. The van der Waals surface area contributed by atoms with E-state index in [9.17, 15) is 4.79 Å². The highest BCUT2D eigenvalue weighted by Gasteiger charge is 2.07. The van der Waals surface area contributed by atoms with Crippen molar-refractivity contribution in [3.8, 4) is 5.75 Å². The number of carbonyl (C=O) groups is 1. The van der Waals surface area contributed by atoms with Crippen LogP contribution in [0, 0.1) is 6.92 Å². The Morgan fingerprint density at radius 2 is 2.25 bits per heavy atom. The van der Waals surface area contributed by atoms with Gasteiger partial charge in [-0.3, -0.25) is 5.32 Å². The number of hydrogen-bond acceptors (Lipinski definition) is 3. The highest BCUT2D eigenvalue weighted by Crippen LogP contribution is 2.25. The van der Waals surface area contributed by atoms with Crippen LogP contribution in [-0.2, 0) is 4.74 Å². The lowest BCUT2D eigenvalue weighted by molar-refractivity contribution is 0.168. The summed E-state index contributed by atoms with van der Waals surface area (Å²) in [7, 11) is 1.54. The van der Waals surface area contributed by atoms with Crippen LogP contribution in [-0.4, -0.2) is 25.7 Å². The third-order valence-corrected chi connectivity index (χ3v) is 2.06. The van der Waals surface area contributed by atoms with Crippen molar-refractivity contribution in [1.82, 2.24) is 0 Å². The van der Waals surface area contributed by atoms with Crippen LogP contribution in [0.1, 0.15) is 5.56 Å². The second kappa shape index (κ2) is 6.23. The number of amides is 1. The molecule has 0 saturated heterocycles. The van der Waals surface area contributed by atoms with Crippen molar-refractivity contribution in [2.24, 2.45) is 0 Å². The van der Waals surface area contributed by atoms with Crippen molar-refractivity contribution in [2.75, 3.05) is 24.9 Å². The molecule has 0 unspecified atom stereocenters. The van der Waals surface area contributed by atoms with Gasteiger partial charge in [-0.1, -0.05) is 6.07 Å². The molecule has 0 fully saturated rings. The minimum Gasteiger partial charge on any atom is -0.495 e. The Hall–Kier alpha value is -1.42. The van der Waals surface area contributed by atoms with Gasteiger partial charge in [0.25, 0.3) is 0 Å². The zero-order valence-corrected chi connectivity index (χ0v) is 10.0. The van der Waals surface area contributed by atoms with Crippen LogP contribution in [0.25, 0.3) is 0 Å². The molecule has 1 aromatic carbocycles. The van der Waals surface area contributed by atoms with E-state index in [1.807, 2.05) is 13.0 Å². The Balaban J connectivity index is 2.71. The summed E-state index contributed by atoms with van der Waals surface area (Å²) >= 11 is 5.40. The summed E-state index contributed by atoms with van der Waals surface area (Å²) in [5.74, 6) is 0.867. The second-order valence-electron chi connectivity index (χ2n) is 3.15. The molecule has 1 amide bonds. The maximum absolute atomic E-state index is 11.3. The van der Waals surface area contributed by atoms with E-state index in [1.54, 1.807) is 19.2 Å². The van der Waals surface area contributed by atoms with E-state index in [1.165, 1.54) is 0 Å². The maximum atomic E-state index is 11.3. The molecule has 0 aliphatic rings. The summed E-state index contributed by atoms with van der Waals surface area (Å²) < 4.78 is 9.91. The number of rotatable bonds is 4. The number of alkyl halides is 1. The van der Waals surface area contributed by atoms with Crippen LogP contribution < -0.4 is 10.1 Å². The van der Waals surface area contributed by atoms with Gasteiger partial charge in [0, 0.05) is 0 Å². The number of halogens is 1. The van der Waals surface area contributed by atoms with Gasteiger partial charge in [0.1, 0.15) is 12.4 Å². The molecule has 16 heavy (non-hydrogen) atoms. The summed E-state index contributed by atoms with van der Waals surface area (Å²) in [6.07, 6.45) is -0.537. The fourth-order valence-corrected chi connectivity index (χ4v) is 1.27. The molecule has 5 heteroatoms. The minimum absolute atomic E-state index is 0.182. The number of anilines is 1. The minimum atomic E-state index is -0.537. The van der Waals surface area contributed by atoms with Gasteiger partial charge in [-0.05, 0) is 24.6 Å². The number of hydrogen-bond donors (Lipinski definition) is 1. The van der Waals surface area contributed by atoms with Gasteiger partial charge in [-0.25, -0.2) is 4.79 Å². The van der Waals surface area contributed by atoms with E-state index in [0.717, 1.165) is 5.56 Å². The first-order chi connectivity index (χ1) is 7.67. The first kappa shape index (κ1) is 12.6. The third-order valence-electron chi connectivity index (χ3n) is 1.90. The summed E-state index contributed by atoms with van der Waals surface area (Å²) in [5.41, 5.74) is 1.61. The lowest BCUT2D eigenvalue weighted by Gasteiger charge is -2.10. The fraction of sp³-hybridized carbons (Fsp3) is 0.364. The molecular formula is C11H14ClNO3. The maximum Gasteiger partial charge on any atom is 0.411 e. The molecule has 1 rings (SSSR count). The topological polar surface area (TPSA) is 47.6 Å². The van der Waals surface area contributed by atoms with E-state index in [2.05, 4.69) is 5.32 Å². The summed E-state index contributed by atoms with van der Waals surface area (Å²) in [6.45, 7) is 2.11. The Kier molecular flexibility index (Phi) is 4.92. The van der Waals surface area contributed by atoms with Gasteiger partial charge in [0.2, 0.25) is 0 Å². The van der Waals surface area contributed by atoms with Crippen LogP contribution in [0.3, 0.4) is 0 Å². The lowest BCUT2D eigenvalue weighted by atomic mass is 10.2. The average Bonchev–Trinajstić information content (AvgIpc) is 2.27. The van der Waals surface area contributed by atoms with Crippen LogP contribution in [0.2, 0.25) is 0 Å². The van der Waals surface area contributed by atoms with Crippen molar-refractivity contribution in [1.29, 1.82) is 0 Å². The van der Waals surface area contributed by atoms with Gasteiger partial charge in [0.05, 0.1) is 18.7 Å². The lowest BCUT2D eigenvalue weighted by Crippen LogP contribution is -2.15. The predicted molar refractivity (Wildman–Crippen MR) is 63.4 cm³/mol. The number of benzene rings is 1. The van der Waals surface area contributed by atoms with E-state index in [0.29, 0.717) is 11.4 Å². The average molecular weight is 244 g/mol. The molecule has 0 atom stereocenters. The van der Waals surface area contributed by atoms with Gasteiger partial charge in [-0.2, -0.15) is 0 Å². The molecule has 0 aliphatic carbocycles. The van der Waals surface area contributed by atoms with Crippen molar-refractivity contribution in [3.05, 3.63) is 23.8 Å². The highest BCUT2D eigenvalue weighted by molar-refractivity contribution is 6.18. The Morgan fingerprint density at radius 1 is 1.50 bits per heavy atom. The predicted octanol–water partition coefficient (Wildman–Crippen LogP) is 2.79. The van der Waals surface area contributed by atoms with Gasteiger partial charge < -0.3 is 9.47 Å². The third kappa shape index (κ3) is 3.62.